The number of ether oxygens (including phenoxy) is 1. The molecule has 0 saturated carbocycles. The van der Waals surface area contributed by atoms with Crippen LogP contribution in [0.5, 0.6) is 0 Å². The zero-order valence-corrected chi connectivity index (χ0v) is 16.8. The maximum Gasteiger partial charge on any atom is 0.339 e. The highest BCUT2D eigenvalue weighted by atomic mass is 32.2. The number of rotatable bonds is 8. The van der Waals surface area contributed by atoms with E-state index in [2.05, 4.69) is 16.7 Å². The summed E-state index contributed by atoms with van der Waals surface area (Å²) in [5, 5.41) is 4.75. The molecule has 1 aromatic carbocycles. The van der Waals surface area contributed by atoms with Crippen LogP contribution in [-0.2, 0) is 20.3 Å². The average Bonchev–Trinajstić information content (AvgIpc) is 2.72. The first-order valence-corrected chi connectivity index (χ1v) is 10.7. The quantitative estimate of drug-likeness (QED) is 0.511. The monoisotopic (exact) mass is 406 g/mol. The zero-order valence-electron chi connectivity index (χ0n) is 16.0. The summed E-state index contributed by atoms with van der Waals surface area (Å²) in [7, 11) is -1.32. The number of carbonyl (C=O) groups excluding carboxylic acids is 3. The van der Waals surface area contributed by atoms with Crippen LogP contribution in [0.3, 0.4) is 0 Å². The molecule has 7 nitrogen and oxygen atoms in total. The lowest BCUT2D eigenvalue weighted by molar-refractivity contribution is -0.123. The first-order chi connectivity index (χ1) is 13.5. The first kappa shape index (κ1) is 21.8. The molecule has 3 amide bonds. The van der Waals surface area contributed by atoms with Crippen molar-refractivity contribution in [3.8, 4) is 0 Å². The molecule has 0 fully saturated rings. The van der Waals surface area contributed by atoms with Crippen molar-refractivity contribution in [1.82, 2.24) is 10.6 Å². The van der Waals surface area contributed by atoms with Gasteiger partial charge in [-0.15, -0.1) is 0 Å². The van der Waals surface area contributed by atoms with Gasteiger partial charge in [0, 0.05) is 12.3 Å². The molecule has 28 heavy (non-hydrogen) atoms. The fraction of sp³-hybridized carbons (Fsp3) is 0.450. The molecular formula is C20H26N2O5S. The predicted molar refractivity (Wildman–Crippen MR) is 106 cm³/mol. The number of carbonyl (C=O) groups is 3. The minimum absolute atomic E-state index is 0.153. The molecule has 8 heteroatoms. The Balaban J connectivity index is 1.74. The molecule has 1 aliphatic carbocycles. The molecule has 0 saturated heterocycles. The van der Waals surface area contributed by atoms with E-state index in [1.54, 1.807) is 25.1 Å². The van der Waals surface area contributed by atoms with Crippen LogP contribution >= 0.6 is 0 Å². The van der Waals surface area contributed by atoms with Gasteiger partial charge in [-0.2, -0.15) is 0 Å². The standard InChI is InChI=1S/C20H26N2O5S/c1-2-28(26)17-11-7-6-10-16(17)19(24)27-14-18(23)22-20(25)21-13-12-15-8-4-3-5-9-15/h6-8,10-11H,2-5,9,12-14H2,1H3,(H2,21,22,23,25)/t28-/m1/s1. The Hall–Kier alpha value is -2.48. The molecule has 0 radical (unpaired) electrons. The lowest BCUT2D eigenvalue weighted by Gasteiger charge is -2.13. The van der Waals surface area contributed by atoms with Gasteiger partial charge >= 0.3 is 12.0 Å². The van der Waals surface area contributed by atoms with E-state index in [0.717, 1.165) is 19.3 Å². The molecule has 2 rings (SSSR count). The molecule has 0 unspecified atom stereocenters. The van der Waals surface area contributed by atoms with Crippen LogP contribution in [0.25, 0.3) is 0 Å². The van der Waals surface area contributed by atoms with Gasteiger partial charge in [0.1, 0.15) is 0 Å². The number of allylic oxidation sites excluding steroid dienone is 1. The highest BCUT2D eigenvalue weighted by Gasteiger charge is 2.17. The number of hydrogen-bond donors (Lipinski definition) is 2. The number of imide groups is 1. The third kappa shape index (κ3) is 6.92. The molecular weight excluding hydrogens is 380 g/mol. The van der Waals surface area contributed by atoms with Crippen molar-refractivity contribution >= 4 is 28.7 Å². The summed E-state index contributed by atoms with van der Waals surface area (Å²) in [4.78, 5) is 36.1. The normalized spacial score (nSPS) is 14.5. The van der Waals surface area contributed by atoms with Crippen LogP contribution in [-0.4, -0.2) is 41.0 Å². The topological polar surface area (TPSA) is 102 Å². The van der Waals surface area contributed by atoms with Gasteiger partial charge < -0.3 is 10.1 Å². The van der Waals surface area contributed by atoms with E-state index >= 15 is 0 Å². The van der Waals surface area contributed by atoms with Crippen molar-refractivity contribution in [2.45, 2.75) is 43.9 Å². The smallest absolute Gasteiger partial charge is 0.339 e. The van der Waals surface area contributed by atoms with E-state index in [4.69, 9.17) is 4.74 Å². The summed E-state index contributed by atoms with van der Waals surface area (Å²) in [6.07, 6.45) is 7.50. The third-order valence-corrected chi connectivity index (χ3v) is 5.69. The van der Waals surface area contributed by atoms with Crippen LogP contribution < -0.4 is 10.6 Å². The second-order valence-corrected chi connectivity index (χ2v) is 8.08. The molecule has 0 heterocycles. The first-order valence-electron chi connectivity index (χ1n) is 9.41. The van der Waals surface area contributed by atoms with Gasteiger partial charge in [-0.3, -0.25) is 14.3 Å². The van der Waals surface area contributed by atoms with E-state index in [1.165, 1.54) is 24.5 Å². The molecule has 0 aliphatic heterocycles. The molecule has 1 aromatic rings. The number of hydrogen-bond acceptors (Lipinski definition) is 5. The molecule has 152 valence electrons. The van der Waals surface area contributed by atoms with Crippen molar-refractivity contribution in [3.05, 3.63) is 41.5 Å². The zero-order chi connectivity index (χ0) is 20.4. The van der Waals surface area contributed by atoms with Gasteiger partial charge in [0.2, 0.25) is 0 Å². The molecule has 0 spiro atoms. The maximum atomic E-state index is 12.2. The number of amides is 3. The van der Waals surface area contributed by atoms with Crippen LogP contribution in [0.4, 0.5) is 4.79 Å². The van der Waals surface area contributed by atoms with Crippen LogP contribution in [0.2, 0.25) is 0 Å². The Morgan fingerprint density at radius 1 is 1.18 bits per heavy atom. The van der Waals surface area contributed by atoms with Crippen LogP contribution in [0, 0.1) is 0 Å². The van der Waals surface area contributed by atoms with Crippen molar-refractivity contribution in [3.63, 3.8) is 0 Å². The van der Waals surface area contributed by atoms with E-state index in [1.807, 2.05) is 0 Å². The molecule has 2 N–H and O–H groups in total. The fourth-order valence-corrected chi connectivity index (χ4v) is 3.81. The Labute approximate surface area is 167 Å². The molecule has 1 aliphatic rings. The molecule has 1 atom stereocenters. The molecule has 0 bridgehead atoms. The van der Waals surface area contributed by atoms with Crippen molar-refractivity contribution in [2.75, 3.05) is 18.9 Å². The van der Waals surface area contributed by atoms with Crippen molar-refractivity contribution < 1.29 is 23.3 Å². The van der Waals surface area contributed by atoms with Gasteiger partial charge in [0.25, 0.3) is 5.91 Å². The van der Waals surface area contributed by atoms with Gasteiger partial charge in [0.15, 0.2) is 6.61 Å². The van der Waals surface area contributed by atoms with E-state index in [9.17, 15) is 18.6 Å². The summed E-state index contributed by atoms with van der Waals surface area (Å²) >= 11 is 0. The molecule has 0 aromatic heterocycles. The Bertz CT molecular complexity index is 776. The maximum absolute atomic E-state index is 12.2. The lowest BCUT2D eigenvalue weighted by atomic mass is 9.97. The summed E-state index contributed by atoms with van der Waals surface area (Å²) in [6, 6.07) is 5.77. The highest BCUT2D eigenvalue weighted by Crippen LogP contribution is 2.19. The van der Waals surface area contributed by atoms with Gasteiger partial charge in [-0.25, -0.2) is 9.59 Å². The van der Waals surface area contributed by atoms with Gasteiger partial charge in [-0.1, -0.05) is 30.7 Å². The highest BCUT2D eigenvalue weighted by molar-refractivity contribution is 7.85. The summed E-state index contributed by atoms with van der Waals surface area (Å²) in [5.41, 5.74) is 1.48. The fourth-order valence-electron chi connectivity index (χ4n) is 2.87. The SMILES string of the molecule is CC[S@@](=O)c1ccccc1C(=O)OCC(=O)NC(=O)NCCC1=CCCCC1. The van der Waals surface area contributed by atoms with Crippen LogP contribution in [0.1, 0.15) is 49.4 Å². The number of nitrogens with one attached hydrogen (secondary N) is 2. The minimum atomic E-state index is -1.32. The second-order valence-electron chi connectivity index (χ2n) is 6.37. The summed E-state index contributed by atoms with van der Waals surface area (Å²) < 4.78 is 17.0. The van der Waals surface area contributed by atoms with Gasteiger partial charge in [0.05, 0.1) is 21.3 Å². The Morgan fingerprint density at radius 3 is 2.68 bits per heavy atom. The number of benzene rings is 1. The van der Waals surface area contributed by atoms with Crippen molar-refractivity contribution in [2.24, 2.45) is 0 Å². The van der Waals surface area contributed by atoms with Gasteiger partial charge in [-0.05, 0) is 44.2 Å². The average molecular weight is 407 g/mol. The van der Waals surface area contributed by atoms with E-state index in [0.29, 0.717) is 17.2 Å². The second kappa shape index (κ2) is 11.4. The largest absolute Gasteiger partial charge is 0.452 e. The summed E-state index contributed by atoms with van der Waals surface area (Å²) in [6.45, 7) is 1.60. The number of urea groups is 1. The van der Waals surface area contributed by atoms with E-state index < -0.39 is 35.3 Å². The predicted octanol–water partition coefficient (Wildman–Crippen LogP) is 2.69. The Kier molecular flexibility index (Phi) is 8.87. The Morgan fingerprint density at radius 2 is 1.96 bits per heavy atom. The van der Waals surface area contributed by atoms with Crippen molar-refractivity contribution in [1.29, 1.82) is 0 Å². The third-order valence-electron chi connectivity index (χ3n) is 4.32. The van der Waals surface area contributed by atoms with E-state index in [-0.39, 0.29) is 5.56 Å². The number of esters is 1. The minimum Gasteiger partial charge on any atom is -0.452 e. The lowest BCUT2D eigenvalue weighted by Crippen LogP contribution is -2.41. The van der Waals surface area contributed by atoms with Crippen LogP contribution in [0.15, 0.2) is 40.8 Å². The summed E-state index contributed by atoms with van der Waals surface area (Å²) in [5.74, 6) is -1.11.